The largest absolute Gasteiger partial charge is 0.375 e. The maximum absolute atomic E-state index is 6.20. The van der Waals surface area contributed by atoms with Crippen molar-refractivity contribution in [2.45, 2.75) is 70.1 Å². The molecule has 3 aliphatic rings. The number of allylic oxidation sites excluding steroid dienone is 2. The summed E-state index contributed by atoms with van der Waals surface area (Å²) in [5, 5.41) is 0. The monoisotopic (exact) mass is 296 g/mol. The average Bonchev–Trinajstić information content (AvgIpc) is 2.91. The highest BCUT2D eigenvalue weighted by atomic mass is 16.8. The molecule has 2 bridgehead atoms. The summed E-state index contributed by atoms with van der Waals surface area (Å²) in [7, 11) is 0. The molecule has 21 heavy (non-hydrogen) atoms. The van der Waals surface area contributed by atoms with Crippen molar-refractivity contribution in [1.29, 1.82) is 0 Å². The zero-order valence-electron chi connectivity index (χ0n) is 13.3. The Kier molecular flexibility index (Phi) is 4.99. The van der Waals surface area contributed by atoms with Crippen LogP contribution >= 0.6 is 0 Å². The van der Waals surface area contributed by atoms with Crippen molar-refractivity contribution in [3.8, 4) is 0 Å². The average molecular weight is 296 g/mol. The normalized spacial score (nSPS) is 42.4. The summed E-state index contributed by atoms with van der Waals surface area (Å²) < 4.78 is 24.2. The van der Waals surface area contributed by atoms with Gasteiger partial charge in [0.1, 0.15) is 12.2 Å². The zero-order chi connectivity index (χ0) is 14.7. The van der Waals surface area contributed by atoms with Crippen molar-refractivity contribution in [3.05, 3.63) is 12.2 Å². The van der Waals surface area contributed by atoms with E-state index in [4.69, 9.17) is 18.9 Å². The first-order chi connectivity index (χ1) is 10.3. The third kappa shape index (κ3) is 3.19. The number of fused-ring (bicyclic) bond motifs is 2. The Bertz CT molecular complexity index is 370. The van der Waals surface area contributed by atoms with Crippen LogP contribution in [0.25, 0.3) is 0 Å². The van der Waals surface area contributed by atoms with E-state index in [1.807, 2.05) is 6.92 Å². The summed E-state index contributed by atoms with van der Waals surface area (Å²) in [6.45, 7) is 6.27. The van der Waals surface area contributed by atoms with E-state index < -0.39 is 5.79 Å². The lowest BCUT2D eigenvalue weighted by molar-refractivity contribution is -0.279. The lowest BCUT2D eigenvalue weighted by Gasteiger charge is -2.41. The van der Waals surface area contributed by atoms with Gasteiger partial charge in [0.2, 0.25) is 0 Å². The number of ether oxygens (including phenoxy) is 4. The maximum Gasteiger partial charge on any atom is 0.195 e. The second-order valence-corrected chi connectivity index (χ2v) is 6.33. The Morgan fingerprint density at radius 3 is 2.86 bits per heavy atom. The van der Waals surface area contributed by atoms with Gasteiger partial charge in [-0.05, 0) is 32.1 Å². The molecule has 1 aliphatic carbocycles. The molecule has 0 aromatic heterocycles. The molecule has 2 heterocycles. The first-order valence-corrected chi connectivity index (χ1v) is 8.47. The maximum atomic E-state index is 6.20. The fraction of sp³-hybridized carbons (Fsp3) is 0.882. The topological polar surface area (TPSA) is 36.9 Å². The predicted octanol–water partition coefficient (Wildman–Crippen LogP) is 3.06. The number of rotatable bonds is 6. The van der Waals surface area contributed by atoms with Gasteiger partial charge in [-0.1, -0.05) is 19.1 Å². The molecule has 0 spiro atoms. The molecule has 1 unspecified atom stereocenters. The van der Waals surface area contributed by atoms with Crippen molar-refractivity contribution >= 4 is 0 Å². The lowest BCUT2D eigenvalue weighted by atomic mass is 9.94. The van der Waals surface area contributed by atoms with Crippen LogP contribution in [0.1, 0.15) is 46.0 Å². The molecule has 5 atom stereocenters. The van der Waals surface area contributed by atoms with Crippen LogP contribution in [-0.2, 0) is 18.9 Å². The second-order valence-electron chi connectivity index (χ2n) is 6.33. The van der Waals surface area contributed by atoms with E-state index in [1.54, 1.807) is 0 Å². The van der Waals surface area contributed by atoms with Gasteiger partial charge < -0.3 is 18.9 Å². The van der Waals surface area contributed by atoms with E-state index in [0.29, 0.717) is 19.1 Å². The highest BCUT2D eigenvalue weighted by Crippen LogP contribution is 2.41. The highest BCUT2D eigenvalue weighted by Gasteiger charge is 2.55. The molecule has 2 fully saturated rings. The van der Waals surface area contributed by atoms with Crippen molar-refractivity contribution in [2.24, 2.45) is 5.92 Å². The molecular weight excluding hydrogens is 268 g/mol. The Labute approximate surface area is 127 Å². The molecule has 0 aromatic rings. The molecule has 4 heteroatoms. The standard InChI is InChI=1S/C17H28O4/c1-3-17-16(18-4-2)10-14(15(21-17)12-20-17)19-11-13-8-6-5-7-9-13/h5-6,13-16H,3-4,7-12H2,1-2H3/t13?,14-,15+,16+,17+/m0/s1. The van der Waals surface area contributed by atoms with Gasteiger partial charge in [-0.25, -0.2) is 0 Å². The quantitative estimate of drug-likeness (QED) is 0.706. The molecule has 0 saturated carbocycles. The van der Waals surface area contributed by atoms with Crippen LogP contribution in [-0.4, -0.2) is 43.9 Å². The lowest BCUT2D eigenvalue weighted by Crippen LogP contribution is -2.53. The van der Waals surface area contributed by atoms with Gasteiger partial charge >= 0.3 is 0 Å². The minimum absolute atomic E-state index is 0.0116. The summed E-state index contributed by atoms with van der Waals surface area (Å²) in [6, 6.07) is 0. The van der Waals surface area contributed by atoms with Crippen LogP contribution in [0.2, 0.25) is 0 Å². The van der Waals surface area contributed by atoms with Gasteiger partial charge in [0, 0.05) is 19.4 Å². The minimum Gasteiger partial charge on any atom is -0.375 e. The van der Waals surface area contributed by atoms with Crippen molar-refractivity contribution in [1.82, 2.24) is 0 Å². The third-order valence-electron chi connectivity index (χ3n) is 4.98. The van der Waals surface area contributed by atoms with Crippen LogP contribution < -0.4 is 0 Å². The number of hydrogen-bond donors (Lipinski definition) is 0. The van der Waals surface area contributed by atoms with Gasteiger partial charge in [-0.3, -0.25) is 0 Å². The van der Waals surface area contributed by atoms with E-state index in [-0.39, 0.29) is 18.3 Å². The molecule has 2 saturated heterocycles. The van der Waals surface area contributed by atoms with Crippen LogP contribution in [0.3, 0.4) is 0 Å². The molecule has 0 aromatic carbocycles. The van der Waals surface area contributed by atoms with Gasteiger partial charge in [-0.2, -0.15) is 0 Å². The first-order valence-electron chi connectivity index (χ1n) is 8.47. The molecule has 120 valence electrons. The molecule has 0 N–H and O–H groups in total. The Balaban J connectivity index is 1.57. The Hall–Kier alpha value is -0.420. The van der Waals surface area contributed by atoms with E-state index >= 15 is 0 Å². The second kappa shape index (κ2) is 6.78. The summed E-state index contributed by atoms with van der Waals surface area (Å²) in [4.78, 5) is 0. The van der Waals surface area contributed by atoms with E-state index in [2.05, 4.69) is 19.1 Å². The van der Waals surface area contributed by atoms with Crippen molar-refractivity contribution in [3.63, 3.8) is 0 Å². The summed E-state index contributed by atoms with van der Waals surface area (Å²) in [6.07, 6.45) is 9.98. The molecule has 4 nitrogen and oxygen atoms in total. The predicted molar refractivity (Wildman–Crippen MR) is 80.1 cm³/mol. The smallest absolute Gasteiger partial charge is 0.195 e. The fourth-order valence-electron chi connectivity index (χ4n) is 3.69. The first kappa shape index (κ1) is 15.5. The van der Waals surface area contributed by atoms with Crippen molar-refractivity contribution in [2.75, 3.05) is 19.8 Å². The molecule has 0 amide bonds. The van der Waals surface area contributed by atoms with Gasteiger partial charge in [0.25, 0.3) is 0 Å². The van der Waals surface area contributed by atoms with Crippen LogP contribution in [0, 0.1) is 5.92 Å². The minimum atomic E-state index is -0.534. The Morgan fingerprint density at radius 2 is 2.14 bits per heavy atom. The van der Waals surface area contributed by atoms with E-state index in [9.17, 15) is 0 Å². The van der Waals surface area contributed by atoms with Crippen LogP contribution in [0.5, 0.6) is 0 Å². The summed E-state index contributed by atoms with van der Waals surface area (Å²) in [5.74, 6) is 0.120. The van der Waals surface area contributed by atoms with Gasteiger partial charge in [-0.15, -0.1) is 0 Å². The SMILES string of the molecule is CCO[C@@H]1C[C@H](OCC2CC=CCC2)[C@H]2CO[C@]1(CC)O2. The molecule has 2 aliphatic heterocycles. The van der Waals surface area contributed by atoms with Gasteiger partial charge in [0.05, 0.1) is 19.3 Å². The summed E-state index contributed by atoms with van der Waals surface area (Å²) in [5.41, 5.74) is 0. The molecule has 3 rings (SSSR count). The van der Waals surface area contributed by atoms with Crippen LogP contribution in [0.15, 0.2) is 12.2 Å². The molecular formula is C17H28O4. The Morgan fingerprint density at radius 1 is 1.24 bits per heavy atom. The highest BCUT2D eigenvalue weighted by molar-refractivity contribution is 4.97. The zero-order valence-corrected chi connectivity index (χ0v) is 13.3. The van der Waals surface area contributed by atoms with E-state index in [0.717, 1.165) is 25.9 Å². The van der Waals surface area contributed by atoms with Gasteiger partial charge in [0.15, 0.2) is 5.79 Å². The third-order valence-corrected chi connectivity index (χ3v) is 4.98. The van der Waals surface area contributed by atoms with E-state index in [1.165, 1.54) is 12.8 Å². The van der Waals surface area contributed by atoms with Crippen LogP contribution in [0.4, 0.5) is 0 Å². The van der Waals surface area contributed by atoms with Crippen molar-refractivity contribution < 1.29 is 18.9 Å². The molecule has 0 radical (unpaired) electrons. The number of hydrogen-bond acceptors (Lipinski definition) is 4. The summed E-state index contributed by atoms with van der Waals surface area (Å²) >= 11 is 0. The fourth-order valence-corrected chi connectivity index (χ4v) is 3.69.